The van der Waals surface area contributed by atoms with Gasteiger partial charge in [0.2, 0.25) is 0 Å². The Balaban J connectivity index is 1.44. The second-order valence-electron chi connectivity index (χ2n) is 8.82. The molecule has 2 N–H and O–H groups in total. The van der Waals surface area contributed by atoms with Gasteiger partial charge in [0, 0.05) is 34.8 Å². The van der Waals surface area contributed by atoms with E-state index in [0.29, 0.717) is 41.6 Å². The number of fused-ring (bicyclic) bond motifs is 2. The summed E-state index contributed by atoms with van der Waals surface area (Å²) in [6, 6.07) is 14.7. The number of hydrogen-bond donors (Lipinski definition) is 2. The highest BCUT2D eigenvalue weighted by Gasteiger charge is 2.44. The first-order valence-corrected chi connectivity index (χ1v) is 11.9. The van der Waals surface area contributed by atoms with Crippen LogP contribution in [0.3, 0.4) is 0 Å². The average Bonchev–Trinajstić information content (AvgIpc) is 3.72. The van der Waals surface area contributed by atoms with Gasteiger partial charge in [-0.3, -0.25) is 9.89 Å². The van der Waals surface area contributed by atoms with Crippen molar-refractivity contribution in [3.05, 3.63) is 83.4 Å². The fourth-order valence-corrected chi connectivity index (χ4v) is 5.14. The molecule has 9 heteroatoms. The van der Waals surface area contributed by atoms with Crippen LogP contribution in [0.4, 0.5) is 0 Å². The highest BCUT2D eigenvalue weighted by molar-refractivity contribution is 6.00. The van der Waals surface area contributed by atoms with Crippen LogP contribution in [-0.4, -0.2) is 53.9 Å². The van der Waals surface area contributed by atoms with Gasteiger partial charge >= 0.3 is 0 Å². The van der Waals surface area contributed by atoms with E-state index >= 15 is 0 Å². The molecular weight excluding hydrogens is 472 g/mol. The predicted molar refractivity (Wildman–Crippen MR) is 137 cm³/mol. The van der Waals surface area contributed by atoms with E-state index in [1.807, 2.05) is 59.6 Å². The molecule has 3 aromatic heterocycles. The number of furan rings is 1. The molecular formula is C28H26N4O5. The highest BCUT2D eigenvalue weighted by Crippen LogP contribution is 2.46. The molecule has 1 aliphatic heterocycles. The summed E-state index contributed by atoms with van der Waals surface area (Å²) in [5, 5.41) is 8.49. The zero-order chi connectivity index (χ0) is 25.5. The first-order valence-electron chi connectivity index (χ1n) is 11.9. The third kappa shape index (κ3) is 3.70. The van der Waals surface area contributed by atoms with Crippen LogP contribution in [0.25, 0.3) is 22.4 Å². The Morgan fingerprint density at radius 1 is 1.03 bits per heavy atom. The maximum Gasteiger partial charge on any atom is 0.275 e. The number of nitrogens with one attached hydrogen (secondary N) is 2. The zero-order valence-electron chi connectivity index (χ0n) is 20.7. The molecule has 0 spiro atoms. The van der Waals surface area contributed by atoms with Crippen molar-refractivity contribution < 1.29 is 23.4 Å². The number of aromatic amines is 2. The van der Waals surface area contributed by atoms with Crippen molar-refractivity contribution in [1.82, 2.24) is 20.1 Å². The molecule has 0 saturated carbocycles. The number of benzene rings is 2. The maximum absolute atomic E-state index is 13.8. The Labute approximate surface area is 212 Å². The molecule has 2 aromatic carbocycles. The number of aromatic nitrogens is 3. The van der Waals surface area contributed by atoms with Crippen LogP contribution < -0.4 is 14.2 Å². The number of H-pyrrole nitrogens is 2. The quantitative estimate of drug-likeness (QED) is 0.313. The second-order valence-corrected chi connectivity index (χ2v) is 8.82. The molecule has 1 amide bonds. The van der Waals surface area contributed by atoms with E-state index in [1.54, 1.807) is 27.6 Å². The molecule has 0 aliphatic carbocycles. The van der Waals surface area contributed by atoms with Crippen LogP contribution in [0.2, 0.25) is 0 Å². The van der Waals surface area contributed by atoms with E-state index in [9.17, 15) is 4.79 Å². The van der Waals surface area contributed by atoms with Crippen LogP contribution >= 0.6 is 0 Å². The fraction of sp³-hybridized carbons (Fsp3) is 0.214. The van der Waals surface area contributed by atoms with E-state index in [1.165, 1.54) is 0 Å². The van der Waals surface area contributed by atoms with Crippen molar-refractivity contribution in [2.24, 2.45) is 0 Å². The van der Waals surface area contributed by atoms with Gasteiger partial charge in [0.15, 0.2) is 11.5 Å². The number of rotatable bonds is 8. The van der Waals surface area contributed by atoms with Crippen LogP contribution in [0.1, 0.15) is 33.2 Å². The zero-order valence-corrected chi connectivity index (χ0v) is 20.7. The van der Waals surface area contributed by atoms with Gasteiger partial charge in [-0.05, 0) is 60.5 Å². The molecule has 0 radical (unpaired) electrons. The molecule has 4 heterocycles. The van der Waals surface area contributed by atoms with Gasteiger partial charge in [-0.25, -0.2) is 0 Å². The minimum Gasteiger partial charge on any atom is -0.497 e. The molecule has 37 heavy (non-hydrogen) atoms. The molecule has 0 bridgehead atoms. The minimum atomic E-state index is -0.453. The Kier molecular flexibility index (Phi) is 5.60. The summed E-state index contributed by atoms with van der Waals surface area (Å²) in [7, 11) is 4.89. The molecule has 0 unspecified atom stereocenters. The number of hydrogen-bond acceptors (Lipinski definition) is 6. The van der Waals surface area contributed by atoms with E-state index in [-0.39, 0.29) is 5.91 Å². The van der Waals surface area contributed by atoms with Gasteiger partial charge in [-0.2, -0.15) is 5.10 Å². The van der Waals surface area contributed by atoms with Gasteiger partial charge in [0.25, 0.3) is 5.91 Å². The van der Waals surface area contributed by atoms with Gasteiger partial charge in [-0.1, -0.05) is 0 Å². The Hall–Kier alpha value is -4.66. The number of nitrogens with zero attached hydrogens (tertiary/aromatic N) is 2. The van der Waals surface area contributed by atoms with Gasteiger partial charge in [-0.15, -0.1) is 0 Å². The SMILES string of the molecule is COc1ccc(OC)c([C@@H]2c3c(n[nH]c3-c3ccco3)C(=O)N2CCc2c[nH]c3ccc(OC)cc23)c1. The lowest BCUT2D eigenvalue weighted by molar-refractivity contribution is 0.0744. The molecule has 9 nitrogen and oxygen atoms in total. The molecule has 5 aromatic rings. The van der Waals surface area contributed by atoms with Crippen LogP contribution in [0.15, 0.2) is 65.4 Å². The minimum absolute atomic E-state index is 0.156. The van der Waals surface area contributed by atoms with Gasteiger partial charge < -0.3 is 28.5 Å². The summed E-state index contributed by atoms with van der Waals surface area (Å²) in [6.07, 6.45) is 4.22. The predicted octanol–water partition coefficient (Wildman–Crippen LogP) is 4.96. The Morgan fingerprint density at radius 2 is 1.84 bits per heavy atom. The summed E-state index contributed by atoms with van der Waals surface area (Å²) < 4.78 is 22.3. The van der Waals surface area contributed by atoms with Crippen LogP contribution in [0.5, 0.6) is 17.2 Å². The van der Waals surface area contributed by atoms with Crippen LogP contribution in [0, 0.1) is 0 Å². The largest absolute Gasteiger partial charge is 0.497 e. The summed E-state index contributed by atoms with van der Waals surface area (Å²) in [5.41, 5.74) is 4.72. The van der Waals surface area contributed by atoms with E-state index in [2.05, 4.69) is 15.2 Å². The third-order valence-corrected chi connectivity index (χ3v) is 6.95. The van der Waals surface area contributed by atoms with Crippen molar-refractivity contribution in [2.45, 2.75) is 12.5 Å². The number of amides is 1. The molecule has 0 fully saturated rings. The Morgan fingerprint density at radius 3 is 2.59 bits per heavy atom. The normalized spacial score (nSPS) is 14.8. The maximum atomic E-state index is 13.8. The third-order valence-electron chi connectivity index (χ3n) is 6.95. The lowest BCUT2D eigenvalue weighted by atomic mass is 9.96. The summed E-state index contributed by atoms with van der Waals surface area (Å²) in [4.78, 5) is 18.9. The second kappa shape index (κ2) is 9.09. The summed E-state index contributed by atoms with van der Waals surface area (Å²) in [6.45, 7) is 0.460. The standard InChI is InChI=1S/C28H26N4O5/c1-34-17-6-8-21-19(13-17)16(15-29-21)10-11-32-27(20-14-18(35-2)7-9-22(20)36-3)24-25(23-5-4-12-37-23)30-31-26(24)28(32)33/h4-9,12-15,27,29H,10-11H2,1-3H3,(H,30,31)/t27-/m1/s1. The topological polar surface area (TPSA) is 106 Å². The van der Waals surface area contributed by atoms with Gasteiger partial charge in [0.1, 0.15) is 22.9 Å². The highest BCUT2D eigenvalue weighted by atomic mass is 16.5. The van der Waals surface area contributed by atoms with Crippen molar-refractivity contribution in [3.63, 3.8) is 0 Å². The smallest absolute Gasteiger partial charge is 0.275 e. The molecule has 1 atom stereocenters. The number of carbonyl (C=O) groups excluding carboxylic acids is 1. The van der Waals surface area contributed by atoms with E-state index in [4.69, 9.17) is 18.6 Å². The van der Waals surface area contributed by atoms with Gasteiger partial charge in [0.05, 0.1) is 33.6 Å². The lowest BCUT2D eigenvalue weighted by Gasteiger charge is -2.27. The summed E-state index contributed by atoms with van der Waals surface area (Å²) >= 11 is 0. The van der Waals surface area contributed by atoms with Crippen molar-refractivity contribution in [1.29, 1.82) is 0 Å². The van der Waals surface area contributed by atoms with E-state index in [0.717, 1.165) is 33.3 Å². The van der Waals surface area contributed by atoms with Crippen LogP contribution in [-0.2, 0) is 6.42 Å². The fourth-order valence-electron chi connectivity index (χ4n) is 5.14. The number of methoxy groups -OCH3 is 3. The first kappa shape index (κ1) is 22.8. The molecule has 1 aliphatic rings. The molecule has 0 saturated heterocycles. The number of carbonyl (C=O) groups is 1. The monoisotopic (exact) mass is 498 g/mol. The van der Waals surface area contributed by atoms with E-state index < -0.39 is 6.04 Å². The first-order chi connectivity index (χ1) is 18.1. The van der Waals surface area contributed by atoms with Crippen molar-refractivity contribution >= 4 is 16.8 Å². The average molecular weight is 499 g/mol. The summed E-state index contributed by atoms with van der Waals surface area (Å²) in [5.74, 6) is 2.56. The Bertz CT molecular complexity index is 1580. The lowest BCUT2D eigenvalue weighted by Crippen LogP contribution is -2.31. The number of ether oxygens (including phenoxy) is 3. The van der Waals surface area contributed by atoms with Crippen molar-refractivity contribution in [3.8, 4) is 28.7 Å². The van der Waals surface area contributed by atoms with Crippen molar-refractivity contribution in [2.75, 3.05) is 27.9 Å². The molecule has 188 valence electrons. The molecule has 6 rings (SSSR count).